The number of nitrogen functional groups attached to an aromatic ring is 1. The molecular formula is C18H16Cl2N2O. The number of aromatic nitrogens is 1. The lowest BCUT2D eigenvalue weighted by atomic mass is 10.2. The lowest BCUT2D eigenvalue weighted by Crippen LogP contribution is -3.00. The molecule has 23 heavy (non-hydrogen) atoms. The van der Waals surface area contributed by atoms with Crippen LogP contribution in [-0.2, 0) is 6.54 Å². The highest BCUT2D eigenvalue weighted by atomic mass is 35.5. The molecule has 0 aliphatic heterocycles. The molecule has 0 amide bonds. The van der Waals surface area contributed by atoms with Gasteiger partial charge in [-0.15, -0.1) is 0 Å². The fourth-order valence-corrected chi connectivity index (χ4v) is 2.33. The normalized spacial score (nSPS) is 9.96. The minimum absolute atomic E-state index is 0. The highest BCUT2D eigenvalue weighted by molar-refractivity contribution is 6.30. The van der Waals surface area contributed by atoms with E-state index in [1.165, 1.54) is 5.56 Å². The average molecular weight is 347 g/mol. The predicted octanol–water partition coefficient (Wildman–Crippen LogP) is 1.05. The topological polar surface area (TPSA) is 39.1 Å². The average Bonchev–Trinajstić information content (AvgIpc) is 2.53. The second-order valence-electron chi connectivity index (χ2n) is 4.98. The molecule has 1 heterocycles. The van der Waals surface area contributed by atoms with Crippen LogP contribution in [0.2, 0.25) is 5.02 Å². The molecule has 0 radical (unpaired) electrons. The maximum atomic E-state index is 5.89. The van der Waals surface area contributed by atoms with E-state index in [1.807, 2.05) is 54.9 Å². The predicted molar refractivity (Wildman–Crippen MR) is 88.1 cm³/mol. The molecule has 3 rings (SSSR count). The lowest BCUT2D eigenvalue weighted by molar-refractivity contribution is -0.688. The second-order valence-corrected chi connectivity index (χ2v) is 5.41. The number of benzene rings is 2. The van der Waals surface area contributed by atoms with E-state index in [0.717, 1.165) is 12.3 Å². The highest BCUT2D eigenvalue weighted by Gasteiger charge is 2.05. The van der Waals surface area contributed by atoms with Crippen molar-refractivity contribution >= 4 is 17.3 Å². The summed E-state index contributed by atoms with van der Waals surface area (Å²) in [5.74, 6) is 1.35. The Balaban J connectivity index is 0.00000192. The van der Waals surface area contributed by atoms with E-state index < -0.39 is 0 Å². The molecule has 3 nitrogen and oxygen atoms in total. The number of anilines is 1. The Morgan fingerprint density at radius 1 is 0.957 bits per heavy atom. The van der Waals surface area contributed by atoms with Gasteiger partial charge in [0.05, 0.1) is 5.69 Å². The molecule has 1 aromatic heterocycles. The summed E-state index contributed by atoms with van der Waals surface area (Å²) < 4.78 is 7.90. The van der Waals surface area contributed by atoms with Gasteiger partial charge in [0.1, 0.15) is 11.5 Å². The van der Waals surface area contributed by atoms with Crippen molar-refractivity contribution in [1.29, 1.82) is 0 Å². The van der Waals surface area contributed by atoms with E-state index in [1.54, 1.807) is 18.2 Å². The maximum absolute atomic E-state index is 5.89. The SMILES string of the molecule is Nc1cc(Cl)ccc1Oc1ccc(C[n+]2ccccc2)cc1.[Cl-]. The van der Waals surface area contributed by atoms with Gasteiger partial charge in [-0.3, -0.25) is 0 Å². The molecule has 0 unspecified atom stereocenters. The fraction of sp³-hybridized carbons (Fsp3) is 0.0556. The van der Waals surface area contributed by atoms with Gasteiger partial charge in [-0.1, -0.05) is 17.7 Å². The van der Waals surface area contributed by atoms with E-state index in [9.17, 15) is 0 Å². The summed E-state index contributed by atoms with van der Waals surface area (Å²) >= 11 is 5.88. The van der Waals surface area contributed by atoms with Gasteiger partial charge in [-0.2, -0.15) is 0 Å². The van der Waals surface area contributed by atoms with Gasteiger partial charge < -0.3 is 22.9 Å². The van der Waals surface area contributed by atoms with Gasteiger partial charge in [-0.05, 0) is 42.5 Å². The molecule has 2 aromatic carbocycles. The highest BCUT2D eigenvalue weighted by Crippen LogP contribution is 2.29. The van der Waals surface area contributed by atoms with Crippen LogP contribution in [0.25, 0.3) is 0 Å². The first-order valence-electron chi connectivity index (χ1n) is 6.96. The Bertz CT molecular complexity index is 762. The summed E-state index contributed by atoms with van der Waals surface area (Å²) in [7, 11) is 0. The van der Waals surface area contributed by atoms with Gasteiger partial charge in [0, 0.05) is 22.7 Å². The standard InChI is InChI=1S/C18H16ClN2O.ClH/c19-15-6-9-18(17(20)12-15)22-16-7-4-14(5-8-16)13-21-10-2-1-3-11-21;/h1-12H,13,20H2;1H/q+1;/p-1. The zero-order valence-corrected chi connectivity index (χ0v) is 13.8. The Morgan fingerprint density at radius 2 is 1.65 bits per heavy atom. The van der Waals surface area contributed by atoms with Crippen LogP contribution in [0.15, 0.2) is 73.1 Å². The molecule has 2 N–H and O–H groups in total. The van der Waals surface area contributed by atoms with Crippen molar-refractivity contribution in [3.8, 4) is 11.5 Å². The summed E-state index contributed by atoms with van der Waals surface area (Å²) in [5, 5.41) is 0.597. The smallest absolute Gasteiger partial charge is 0.173 e. The molecule has 0 bridgehead atoms. The number of nitrogens with two attached hydrogens (primary N) is 1. The Hall–Kier alpha value is -2.23. The first-order valence-corrected chi connectivity index (χ1v) is 7.34. The van der Waals surface area contributed by atoms with Crippen molar-refractivity contribution in [1.82, 2.24) is 0 Å². The maximum Gasteiger partial charge on any atom is 0.173 e. The van der Waals surface area contributed by atoms with Crippen LogP contribution in [0.1, 0.15) is 5.56 Å². The second kappa shape index (κ2) is 7.86. The first-order chi connectivity index (χ1) is 10.7. The first kappa shape index (κ1) is 17.1. The molecular weight excluding hydrogens is 331 g/mol. The zero-order chi connectivity index (χ0) is 15.4. The van der Waals surface area contributed by atoms with Crippen molar-refractivity contribution in [2.45, 2.75) is 6.54 Å². The molecule has 0 aliphatic carbocycles. The van der Waals surface area contributed by atoms with E-state index >= 15 is 0 Å². The van der Waals surface area contributed by atoms with Crippen LogP contribution >= 0.6 is 11.6 Å². The van der Waals surface area contributed by atoms with Crippen molar-refractivity contribution in [2.24, 2.45) is 0 Å². The van der Waals surface area contributed by atoms with E-state index in [-0.39, 0.29) is 12.4 Å². The number of ether oxygens (including phenoxy) is 1. The minimum atomic E-state index is 0. The van der Waals surface area contributed by atoms with Crippen LogP contribution in [0.5, 0.6) is 11.5 Å². The van der Waals surface area contributed by atoms with Gasteiger partial charge in [0.25, 0.3) is 0 Å². The summed E-state index contributed by atoms with van der Waals surface area (Å²) in [6, 6.07) is 19.2. The van der Waals surface area contributed by atoms with Crippen molar-refractivity contribution in [3.05, 3.63) is 83.6 Å². The summed E-state index contributed by atoms with van der Waals surface area (Å²) in [6.07, 6.45) is 4.08. The zero-order valence-electron chi connectivity index (χ0n) is 12.3. The number of halogens is 2. The molecule has 0 spiro atoms. The number of rotatable bonds is 4. The summed E-state index contributed by atoms with van der Waals surface area (Å²) in [5.41, 5.74) is 7.61. The lowest BCUT2D eigenvalue weighted by Gasteiger charge is -2.09. The van der Waals surface area contributed by atoms with E-state index in [0.29, 0.717) is 16.5 Å². The van der Waals surface area contributed by atoms with Gasteiger partial charge in [0.15, 0.2) is 18.9 Å². The van der Waals surface area contributed by atoms with Crippen molar-refractivity contribution in [2.75, 3.05) is 5.73 Å². The van der Waals surface area contributed by atoms with E-state index in [4.69, 9.17) is 22.1 Å². The van der Waals surface area contributed by atoms with Crippen LogP contribution in [-0.4, -0.2) is 0 Å². The molecule has 0 saturated heterocycles. The molecule has 0 atom stereocenters. The molecule has 0 saturated carbocycles. The molecule has 0 fully saturated rings. The number of pyridine rings is 1. The van der Waals surface area contributed by atoms with Gasteiger partial charge in [0.2, 0.25) is 0 Å². The summed E-state index contributed by atoms with van der Waals surface area (Å²) in [6.45, 7) is 0.824. The Labute approximate surface area is 146 Å². The minimum Gasteiger partial charge on any atom is -1.00 e. The molecule has 0 aliphatic rings. The molecule has 3 aromatic rings. The summed E-state index contributed by atoms with van der Waals surface area (Å²) in [4.78, 5) is 0. The van der Waals surface area contributed by atoms with E-state index in [2.05, 4.69) is 4.57 Å². The number of nitrogens with zero attached hydrogens (tertiary/aromatic N) is 1. The van der Waals surface area contributed by atoms with Crippen LogP contribution in [0, 0.1) is 0 Å². The number of hydrogen-bond acceptors (Lipinski definition) is 2. The quantitative estimate of drug-likeness (QED) is 0.566. The largest absolute Gasteiger partial charge is 1.00 e. The third-order valence-corrected chi connectivity index (χ3v) is 3.50. The third kappa shape index (κ3) is 4.62. The number of hydrogen-bond donors (Lipinski definition) is 1. The third-order valence-electron chi connectivity index (χ3n) is 3.27. The Kier molecular flexibility index (Phi) is 5.85. The van der Waals surface area contributed by atoms with Crippen LogP contribution in [0.4, 0.5) is 5.69 Å². The van der Waals surface area contributed by atoms with Crippen LogP contribution < -0.4 is 27.4 Å². The van der Waals surface area contributed by atoms with Gasteiger partial charge in [-0.25, -0.2) is 4.57 Å². The van der Waals surface area contributed by atoms with Crippen LogP contribution in [0.3, 0.4) is 0 Å². The molecule has 5 heteroatoms. The van der Waals surface area contributed by atoms with Gasteiger partial charge >= 0.3 is 0 Å². The monoisotopic (exact) mass is 346 g/mol. The van der Waals surface area contributed by atoms with Crippen molar-refractivity contribution in [3.63, 3.8) is 0 Å². The fourth-order valence-electron chi connectivity index (χ4n) is 2.15. The van der Waals surface area contributed by atoms with Crippen molar-refractivity contribution < 1.29 is 21.7 Å². The Morgan fingerprint density at radius 3 is 2.30 bits per heavy atom. The molecule has 118 valence electrons.